The molecule has 10 heteroatoms. The Labute approximate surface area is 192 Å². The highest BCUT2D eigenvalue weighted by atomic mass is 79.9. The van der Waals surface area contributed by atoms with E-state index in [1.807, 2.05) is 0 Å². The predicted molar refractivity (Wildman–Crippen MR) is 125 cm³/mol. The molecule has 2 amide bonds. The van der Waals surface area contributed by atoms with Gasteiger partial charge >= 0.3 is 0 Å². The van der Waals surface area contributed by atoms with Crippen LogP contribution in [0.3, 0.4) is 0 Å². The maximum absolute atomic E-state index is 14.3. The van der Waals surface area contributed by atoms with Gasteiger partial charge in [0.05, 0.1) is 22.9 Å². The standard InChI is InChI=1S/C22H21BrFN5O3/c1-4-21(31)28-19-8-15-18(9-20(19)32-10-12(2)27-13(3)30)25-11-26-22(15)29-17-6-5-14(23)7-16(17)24/h4-9,11-12H,1,10H2,2-3H3,(H,27,30)(H,28,31)(H,25,26,29)/t12-/m1/s1. The summed E-state index contributed by atoms with van der Waals surface area (Å²) < 4.78 is 20.8. The van der Waals surface area contributed by atoms with Crippen molar-refractivity contribution in [2.24, 2.45) is 0 Å². The second-order valence-corrected chi connectivity index (χ2v) is 7.86. The molecule has 0 aliphatic heterocycles. The number of benzene rings is 2. The lowest BCUT2D eigenvalue weighted by atomic mass is 10.1. The lowest BCUT2D eigenvalue weighted by molar-refractivity contribution is -0.119. The van der Waals surface area contributed by atoms with Crippen molar-refractivity contribution in [3.05, 3.63) is 59.6 Å². The molecule has 166 valence electrons. The van der Waals surface area contributed by atoms with E-state index in [1.165, 1.54) is 19.3 Å². The molecule has 8 nitrogen and oxygen atoms in total. The number of anilines is 3. The average Bonchev–Trinajstić information content (AvgIpc) is 2.74. The first-order valence-corrected chi connectivity index (χ1v) is 10.4. The molecule has 0 spiro atoms. The molecule has 0 unspecified atom stereocenters. The van der Waals surface area contributed by atoms with Crippen LogP contribution in [-0.4, -0.2) is 34.4 Å². The molecule has 32 heavy (non-hydrogen) atoms. The number of carbonyl (C=O) groups excluding carboxylic acids is 2. The van der Waals surface area contributed by atoms with Gasteiger partial charge in [-0.25, -0.2) is 14.4 Å². The highest BCUT2D eigenvalue weighted by molar-refractivity contribution is 9.10. The number of nitrogens with zero attached hydrogens (tertiary/aromatic N) is 2. The molecule has 0 saturated carbocycles. The maximum Gasteiger partial charge on any atom is 0.247 e. The Balaban J connectivity index is 1.99. The monoisotopic (exact) mass is 501 g/mol. The molecule has 2 aromatic carbocycles. The van der Waals surface area contributed by atoms with Gasteiger partial charge in [0.25, 0.3) is 0 Å². The van der Waals surface area contributed by atoms with Gasteiger partial charge in [0.2, 0.25) is 11.8 Å². The van der Waals surface area contributed by atoms with Gasteiger partial charge in [0, 0.05) is 22.8 Å². The quantitative estimate of drug-likeness (QED) is 0.397. The topological polar surface area (TPSA) is 105 Å². The van der Waals surface area contributed by atoms with E-state index in [0.717, 1.165) is 6.08 Å². The average molecular weight is 502 g/mol. The second kappa shape index (κ2) is 10.2. The van der Waals surface area contributed by atoms with E-state index < -0.39 is 11.7 Å². The van der Waals surface area contributed by atoms with Gasteiger partial charge in [0.1, 0.15) is 30.3 Å². The van der Waals surface area contributed by atoms with E-state index >= 15 is 0 Å². The summed E-state index contributed by atoms with van der Waals surface area (Å²) in [7, 11) is 0. The summed E-state index contributed by atoms with van der Waals surface area (Å²) in [4.78, 5) is 31.7. The van der Waals surface area contributed by atoms with E-state index in [2.05, 4.69) is 48.4 Å². The number of nitrogens with one attached hydrogen (secondary N) is 3. The number of halogens is 2. The van der Waals surface area contributed by atoms with Crippen LogP contribution in [0, 0.1) is 5.82 Å². The van der Waals surface area contributed by atoms with Gasteiger partial charge in [-0.3, -0.25) is 9.59 Å². The molecule has 3 N–H and O–H groups in total. The Morgan fingerprint density at radius 1 is 1.25 bits per heavy atom. The fourth-order valence-corrected chi connectivity index (χ4v) is 3.24. The summed E-state index contributed by atoms with van der Waals surface area (Å²) in [6.45, 7) is 6.84. The van der Waals surface area contributed by atoms with Crippen LogP contribution >= 0.6 is 15.9 Å². The van der Waals surface area contributed by atoms with Crippen molar-refractivity contribution in [1.29, 1.82) is 0 Å². The van der Waals surface area contributed by atoms with Gasteiger partial charge in [-0.1, -0.05) is 22.5 Å². The number of hydrogen-bond acceptors (Lipinski definition) is 6. The van der Waals surface area contributed by atoms with Gasteiger partial charge in [-0.05, 0) is 37.3 Å². The highest BCUT2D eigenvalue weighted by Gasteiger charge is 2.15. The number of aromatic nitrogens is 2. The maximum atomic E-state index is 14.3. The van der Waals surface area contributed by atoms with Crippen molar-refractivity contribution < 1.29 is 18.7 Å². The Morgan fingerprint density at radius 3 is 2.72 bits per heavy atom. The van der Waals surface area contributed by atoms with Crippen LogP contribution in [0.1, 0.15) is 13.8 Å². The minimum absolute atomic E-state index is 0.169. The van der Waals surface area contributed by atoms with E-state index in [1.54, 1.807) is 31.2 Å². The molecule has 3 rings (SSSR count). The predicted octanol–water partition coefficient (Wildman–Crippen LogP) is 4.30. The van der Waals surface area contributed by atoms with Crippen molar-refractivity contribution in [3.8, 4) is 5.75 Å². The van der Waals surface area contributed by atoms with Gasteiger partial charge in [-0.2, -0.15) is 0 Å². The van der Waals surface area contributed by atoms with Gasteiger partial charge in [-0.15, -0.1) is 0 Å². The third kappa shape index (κ3) is 5.79. The molecule has 1 heterocycles. The van der Waals surface area contributed by atoms with Gasteiger partial charge in [0.15, 0.2) is 0 Å². The Bertz CT molecular complexity index is 1190. The largest absolute Gasteiger partial charge is 0.489 e. The molecular formula is C22H21BrFN5O3. The van der Waals surface area contributed by atoms with Crippen molar-refractivity contribution in [1.82, 2.24) is 15.3 Å². The Morgan fingerprint density at radius 2 is 2.03 bits per heavy atom. The van der Waals surface area contributed by atoms with E-state index in [9.17, 15) is 14.0 Å². The third-order valence-corrected chi connectivity index (χ3v) is 4.80. The van der Waals surface area contributed by atoms with Crippen LogP contribution in [0.25, 0.3) is 10.9 Å². The summed E-state index contributed by atoms with van der Waals surface area (Å²) >= 11 is 3.23. The zero-order valence-electron chi connectivity index (χ0n) is 17.4. The summed E-state index contributed by atoms with van der Waals surface area (Å²) in [5.74, 6) is -0.371. The molecule has 0 radical (unpaired) electrons. The van der Waals surface area contributed by atoms with Gasteiger partial charge < -0.3 is 20.7 Å². The molecule has 0 fully saturated rings. The molecular weight excluding hydrogens is 481 g/mol. The Hall–Kier alpha value is -3.53. The first kappa shape index (κ1) is 23.1. The second-order valence-electron chi connectivity index (χ2n) is 6.94. The lowest BCUT2D eigenvalue weighted by Gasteiger charge is -2.18. The van der Waals surface area contributed by atoms with Crippen LogP contribution in [0.2, 0.25) is 0 Å². The van der Waals surface area contributed by atoms with Crippen LogP contribution < -0.4 is 20.7 Å². The van der Waals surface area contributed by atoms with Crippen LogP contribution in [0.4, 0.5) is 21.6 Å². The number of hydrogen-bond donors (Lipinski definition) is 3. The number of rotatable bonds is 8. The van der Waals surface area contributed by atoms with Crippen molar-refractivity contribution in [2.45, 2.75) is 19.9 Å². The minimum Gasteiger partial charge on any atom is -0.489 e. The highest BCUT2D eigenvalue weighted by Crippen LogP contribution is 2.34. The molecule has 0 bridgehead atoms. The zero-order valence-corrected chi connectivity index (χ0v) is 19.0. The smallest absolute Gasteiger partial charge is 0.247 e. The molecule has 0 aliphatic carbocycles. The summed E-state index contributed by atoms with van der Waals surface area (Å²) in [5, 5.41) is 8.92. The lowest BCUT2D eigenvalue weighted by Crippen LogP contribution is -2.35. The summed E-state index contributed by atoms with van der Waals surface area (Å²) in [5.41, 5.74) is 1.10. The van der Waals surface area contributed by atoms with Crippen molar-refractivity contribution in [3.63, 3.8) is 0 Å². The van der Waals surface area contributed by atoms with Crippen molar-refractivity contribution in [2.75, 3.05) is 17.2 Å². The van der Waals surface area contributed by atoms with Crippen LogP contribution in [0.5, 0.6) is 5.75 Å². The molecule has 3 aromatic rings. The van der Waals surface area contributed by atoms with E-state index in [4.69, 9.17) is 4.74 Å². The summed E-state index contributed by atoms with van der Waals surface area (Å²) in [6.07, 6.45) is 2.47. The molecule has 1 atom stereocenters. The van der Waals surface area contributed by atoms with E-state index in [-0.39, 0.29) is 24.2 Å². The van der Waals surface area contributed by atoms with Crippen LogP contribution in [-0.2, 0) is 9.59 Å². The number of carbonyl (C=O) groups is 2. The molecule has 1 aromatic heterocycles. The fourth-order valence-electron chi connectivity index (χ4n) is 2.91. The minimum atomic E-state index is -0.460. The number of ether oxygens (including phenoxy) is 1. The van der Waals surface area contributed by atoms with E-state index in [0.29, 0.717) is 32.6 Å². The summed E-state index contributed by atoms with van der Waals surface area (Å²) in [6, 6.07) is 7.63. The van der Waals surface area contributed by atoms with Crippen molar-refractivity contribution >= 4 is 55.8 Å². The zero-order chi connectivity index (χ0) is 23.3. The first-order valence-electron chi connectivity index (χ1n) is 9.61. The molecule has 0 aliphatic rings. The number of amides is 2. The number of fused-ring (bicyclic) bond motifs is 1. The first-order chi connectivity index (χ1) is 15.3. The van der Waals surface area contributed by atoms with Crippen LogP contribution in [0.15, 0.2) is 53.8 Å². The normalized spacial score (nSPS) is 11.5. The third-order valence-electron chi connectivity index (χ3n) is 4.30. The SMILES string of the molecule is C=CC(=O)Nc1cc2c(Nc3ccc(Br)cc3F)ncnc2cc1OC[C@@H](C)NC(C)=O. The Kier molecular flexibility index (Phi) is 7.37. The fraction of sp³-hybridized carbons (Fsp3) is 0.182. The molecule has 0 saturated heterocycles.